The molecule has 0 spiro atoms. The Kier molecular flexibility index (Phi) is 4.20. The second kappa shape index (κ2) is 5.87. The molecular weight excluding hydrogens is 232 g/mol. The minimum Gasteiger partial charge on any atom is -0.470 e. The molecule has 0 saturated heterocycles. The van der Waals surface area contributed by atoms with Gasteiger partial charge in [-0.2, -0.15) is 0 Å². The Morgan fingerprint density at radius 3 is 3.00 bits per heavy atom. The molecule has 0 aliphatic rings. The van der Waals surface area contributed by atoms with Crippen molar-refractivity contribution >= 4 is 27.2 Å². The molecule has 92 valence electrons. The molecule has 0 unspecified atom stereocenters. The highest BCUT2D eigenvalue weighted by Gasteiger charge is 2.04. The molecule has 2 aromatic rings. The van der Waals surface area contributed by atoms with Crippen molar-refractivity contribution in [1.29, 1.82) is 0 Å². The summed E-state index contributed by atoms with van der Waals surface area (Å²) < 4.78 is 6.74. The molecule has 4 heteroatoms. The Hall–Kier alpha value is -1.29. The van der Waals surface area contributed by atoms with E-state index in [9.17, 15) is 0 Å². The topological polar surface area (TPSA) is 48.1 Å². The second-order valence-corrected chi connectivity index (χ2v) is 5.11. The number of nitrogens with two attached hydrogens (primary N) is 1. The SMILES string of the molecule is CCCCCCOc1nc2ccc(N)cc2s1. The number of nitrogens with zero attached hydrogens (tertiary/aromatic N) is 1. The highest BCUT2D eigenvalue weighted by atomic mass is 32.1. The number of benzene rings is 1. The molecule has 0 bridgehead atoms. The van der Waals surface area contributed by atoms with Gasteiger partial charge in [0.05, 0.1) is 16.8 Å². The fourth-order valence-corrected chi connectivity index (χ4v) is 2.56. The van der Waals surface area contributed by atoms with Gasteiger partial charge in [-0.25, -0.2) is 4.98 Å². The lowest BCUT2D eigenvalue weighted by Gasteiger charge is -2.00. The normalized spacial score (nSPS) is 10.9. The van der Waals surface area contributed by atoms with Gasteiger partial charge in [-0.05, 0) is 24.6 Å². The van der Waals surface area contributed by atoms with Crippen molar-refractivity contribution in [3.05, 3.63) is 18.2 Å². The average molecular weight is 250 g/mol. The van der Waals surface area contributed by atoms with Crippen LogP contribution in [0.4, 0.5) is 5.69 Å². The van der Waals surface area contributed by atoms with Crippen molar-refractivity contribution < 1.29 is 4.74 Å². The van der Waals surface area contributed by atoms with Gasteiger partial charge in [-0.15, -0.1) is 0 Å². The first-order valence-electron chi connectivity index (χ1n) is 6.08. The molecule has 1 heterocycles. The number of anilines is 1. The summed E-state index contributed by atoms with van der Waals surface area (Å²) in [6.07, 6.45) is 4.86. The van der Waals surface area contributed by atoms with Gasteiger partial charge in [0.1, 0.15) is 0 Å². The number of unbranched alkanes of at least 4 members (excludes halogenated alkanes) is 3. The molecule has 17 heavy (non-hydrogen) atoms. The van der Waals surface area contributed by atoms with E-state index < -0.39 is 0 Å². The molecule has 1 aromatic carbocycles. The van der Waals surface area contributed by atoms with Crippen molar-refractivity contribution in [2.75, 3.05) is 12.3 Å². The third-order valence-electron chi connectivity index (χ3n) is 2.62. The molecule has 1 aromatic heterocycles. The van der Waals surface area contributed by atoms with Crippen molar-refractivity contribution in [2.24, 2.45) is 0 Å². The van der Waals surface area contributed by atoms with Gasteiger partial charge in [0.2, 0.25) is 0 Å². The average Bonchev–Trinajstić information content (AvgIpc) is 2.70. The molecule has 0 amide bonds. The summed E-state index contributed by atoms with van der Waals surface area (Å²) in [5.74, 6) is 0. The molecule has 0 aliphatic carbocycles. The Morgan fingerprint density at radius 2 is 2.18 bits per heavy atom. The summed E-state index contributed by atoms with van der Waals surface area (Å²) in [5.41, 5.74) is 7.47. The van der Waals surface area contributed by atoms with Crippen molar-refractivity contribution in [3.63, 3.8) is 0 Å². The van der Waals surface area contributed by atoms with E-state index in [0.717, 1.165) is 34.1 Å². The van der Waals surface area contributed by atoms with Crippen LogP contribution >= 0.6 is 11.3 Å². The maximum Gasteiger partial charge on any atom is 0.274 e. The minimum atomic E-state index is 0.752. The largest absolute Gasteiger partial charge is 0.470 e. The first kappa shape index (κ1) is 12.2. The van der Waals surface area contributed by atoms with E-state index in [4.69, 9.17) is 10.5 Å². The van der Waals surface area contributed by atoms with Gasteiger partial charge in [0, 0.05) is 5.69 Å². The number of ether oxygens (including phenoxy) is 1. The number of aromatic nitrogens is 1. The molecule has 0 aliphatic heterocycles. The predicted molar refractivity (Wildman–Crippen MR) is 73.7 cm³/mol. The Balaban J connectivity index is 1.91. The van der Waals surface area contributed by atoms with E-state index in [1.54, 1.807) is 11.3 Å². The van der Waals surface area contributed by atoms with Crippen molar-refractivity contribution in [3.8, 4) is 5.19 Å². The van der Waals surface area contributed by atoms with Gasteiger partial charge < -0.3 is 10.5 Å². The van der Waals surface area contributed by atoms with Crippen LogP contribution < -0.4 is 10.5 Å². The fourth-order valence-electron chi connectivity index (χ4n) is 1.67. The van der Waals surface area contributed by atoms with E-state index >= 15 is 0 Å². The Labute approximate surface area is 106 Å². The van der Waals surface area contributed by atoms with E-state index in [1.807, 2.05) is 18.2 Å². The van der Waals surface area contributed by atoms with Crippen LogP contribution in [0, 0.1) is 0 Å². The molecule has 2 rings (SSSR count). The summed E-state index contributed by atoms with van der Waals surface area (Å²) in [5, 5.41) is 0.752. The van der Waals surface area contributed by atoms with Gasteiger partial charge in [-0.1, -0.05) is 37.5 Å². The monoisotopic (exact) mass is 250 g/mol. The molecule has 2 N–H and O–H groups in total. The number of thiazole rings is 1. The lowest BCUT2D eigenvalue weighted by Crippen LogP contribution is -1.96. The zero-order chi connectivity index (χ0) is 12.1. The summed E-state index contributed by atoms with van der Waals surface area (Å²) in [6, 6.07) is 5.75. The highest BCUT2D eigenvalue weighted by Crippen LogP contribution is 2.29. The van der Waals surface area contributed by atoms with E-state index in [2.05, 4.69) is 11.9 Å². The van der Waals surface area contributed by atoms with Gasteiger partial charge in [0.25, 0.3) is 5.19 Å². The molecule has 0 fully saturated rings. The number of hydrogen-bond donors (Lipinski definition) is 1. The first-order valence-corrected chi connectivity index (χ1v) is 6.90. The third-order valence-corrected chi connectivity index (χ3v) is 3.55. The van der Waals surface area contributed by atoms with Crippen LogP contribution in [0.1, 0.15) is 32.6 Å². The van der Waals surface area contributed by atoms with Crippen LogP contribution in [0.15, 0.2) is 18.2 Å². The summed E-state index contributed by atoms with van der Waals surface area (Å²) in [6.45, 7) is 2.97. The van der Waals surface area contributed by atoms with Gasteiger partial charge >= 0.3 is 0 Å². The third kappa shape index (κ3) is 3.33. The van der Waals surface area contributed by atoms with Crippen LogP contribution in [0.25, 0.3) is 10.2 Å². The Bertz CT molecular complexity index is 481. The zero-order valence-electron chi connectivity index (χ0n) is 10.1. The predicted octanol–water partition coefficient (Wildman–Crippen LogP) is 3.84. The molecule has 0 saturated carbocycles. The summed E-state index contributed by atoms with van der Waals surface area (Å²) in [7, 11) is 0. The van der Waals surface area contributed by atoms with Crippen molar-refractivity contribution in [2.45, 2.75) is 32.6 Å². The quantitative estimate of drug-likeness (QED) is 0.626. The summed E-state index contributed by atoms with van der Waals surface area (Å²) in [4.78, 5) is 4.41. The van der Waals surface area contributed by atoms with Gasteiger partial charge in [0.15, 0.2) is 0 Å². The van der Waals surface area contributed by atoms with E-state index in [-0.39, 0.29) is 0 Å². The minimum absolute atomic E-state index is 0.752. The smallest absolute Gasteiger partial charge is 0.274 e. The van der Waals surface area contributed by atoms with Crippen LogP contribution in [-0.4, -0.2) is 11.6 Å². The Morgan fingerprint density at radius 1 is 1.29 bits per heavy atom. The highest BCUT2D eigenvalue weighted by molar-refractivity contribution is 7.20. The van der Waals surface area contributed by atoms with E-state index in [0.29, 0.717) is 0 Å². The maximum atomic E-state index is 5.73. The molecule has 3 nitrogen and oxygen atoms in total. The van der Waals surface area contributed by atoms with Gasteiger partial charge in [-0.3, -0.25) is 0 Å². The number of hydrogen-bond acceptors (Lipinski definition) is 4. The molecule has 0 atom stereocenters. The summed E-state index contributed by atoms with van der Waals surface area (Å²) >= 11 is 1.56. The second-order valence-electron chi connectivity index (χ2n) is 4.12. The van der Waals surface area contributed by atoms with Crippen LogP contribution in [0.2, 0.25) is 0 Å². The number of rotatable bonds is 6. The zero-order valence-corrected chi connectivity index (χ0v) is 10.9. The lowest BCUT2D eigenvalue weighted by atomic mass is 10.2. The maximum absolute atomic E-state index is 5.73. The van der Waals surface area contributed by atoms with Crippen LogP contribution in [0.3, 0.4) is 0 Å². The van der Waals surface area contributed by atoms with Crippen LogP contribution in [0.5, 0.6) is 5.19 Å². The number of nitrogen functional groups attached to an aromatic ring is 1. The van der Waals surface area contributed by atoms with E-state index in [1.165, 1.54) is 19.3 Å². The van der Waals surface area contributed by atoms with Crippen molar-refractivity contribution in [1.82, 2.24) is 4.98 Å². The molecule has 0 radical (unpaired) electrons. The van der Waals surface area contributed by atoms with Crippen LogP contribution in [-0.2, 0) is 0 Å². The lowest BCUT2D eigenvalue weighted by molar-refractivity contribution is 0.304. The standard InChI is InChI=1S/C13H18N2OS/c1-2-3-4-5-8-16-13-15-11-7-6-10(14)9-12(11)17-13/h6-7,9H,2-5,8,14H2,1H3. The molecular formula is C13H18N2OS. The first-order chi connectivity index (χ1) is 8.29. The number of fused-ring (bicyclic) bond motifs is 1. The fraction of sp³-hybridized carbons (Fsp3) is 0.462.